The third-order valence-electron chi connectivity index (χ3n) is 3.49. The number of benzene rings is 1. The number of nitrogens with one attached hydrogen (secondary N) is 1. The molecule has 0 heterocycles. The third-order valence-corrected chi connectivity index (χ3v) is 4.63. The summed E-state index contributed by atoms with van der Waals surface area (Å²) in [5.41, 5.74) is 2.58. The summed E-state index contributed by atoms with van der Waals surface area (Å²) in [5, 5.41) is 2.78. The number of anilines is 1. The van der Waals surface area contributed by atoms with E-state index in [1.807, 2.05) is 33.8 Å². The third kappa shape index (κ3) is 5.04. The van der Waals surface area contributed by atoms with Crippen LogP contribution in [0.25, 0.3) is 0 Å². The van der Waals surface area contributed by atoms with Gasteiger partial charge in [0.05, 0.1) is 11.9 Å². The zero-order valence-electron chi connectivity index (χ0n) is 13.3. The molecule has 118 valence electrons. The van der Waals surface area contributed by atoms with Crippen LogP contribution in [0.5, 0.6) is 0 Å². The van der Waals surface area contributed by atoms with E-state index in [-0.39, 0.29) is 18.5 Å². The van der Waals surface area contributed by atoms with Crippen molar-refractivity contribution in [1.82, 2.24) is 5.32 Å². The maximum atomic E-state index is 12.0. The Kier molecular flexibility index (Phi) is 5.78. The quantitative estimate of drug-likeness (QED) is 0.873. The van der Waals surface area contributed by atoms with Gasteiger partial charge in [-0.1, -0.05) is 13.0 Å². The van der Waals surface area contributed by atoms with Gasteiger partial charge in [0.1, 0.15) is 6.54 Å². The van der Waals surface area contributed by atoms with E-state index in [0.717, 1.165) is 28.1 Å². The Morgan fingerprint density at radius 3 is 2.38 bits per heavy atom. The average Bonchev–Trinajstić information content (AvgIpc) is 2.38. The molecule has 1 amide bonds. The molecule has 6 heteroatoms. The zero-order chi connectivity index (χ0) is 16.2. The van der Waals surface area contributed by atoms with Gasteiger partial charge in [-0.15, -0.1) is 0 Å². The van der Waals surface area contributed by atoms with Crippen LogP contribution in [0.1, 0.15) is 31.4 Å². The van der Waals surface area contributed by atoms with Crippen molar-refractivity contribution in [2.75, 3.05) is 17.1 Å². The van der Waals surface area contributed by atoms with E-state index in [2.05, 4.69) is 5.32 Å². The van der Waals surface area contributed by atoms with Crippen LogP contribution >= 0.6 is 0 Å². The summed E-state index contributed by atoms with van der Waals surface area (Å²) in [6, 6.07) is 5.39. The lowest BCUT2D eigenvalue weighted by Gasteiger charge is -2.23. The molecule has 1 aromatic rings. The van der Waals surface area contributed by atoms with E-state index in [0.29, 0.717) is 5.69 Å². The highest BCUT2D eigenvalue weighted by Crippen LogP contribution is 2.21. The Morgan fingerprint density at radius 2 is 1.90 bits per heavy atom. The highest BCUT2D eigenvalue weighted by atomic mass is 32.2. The van der Waals surface area contributed by atoms with Crippen LogP contribution in [0.4, 0.5) is 5.69 Å². The first kappa shape index (κ1) is 17.5. The molecule has 1 rings (SSSR count). The predicted molar refractivity (Wildman–Crippen MR) is 86.0 cm³/mol. The second kappa shape index (κ2) is 6.93. The Balaban J connectivity index is 3.02. The normalized spacial score (nSPS) is 12.8. The smallest absolute Gasteiger partial charge is 0.240 e. The van der Waals surface area contributed by atoms with Crippen molar-refractivity contribution in [2.24, 2.45) is 0 Å². The van der Waals surface area contributed by atoms with Crippen molar-refractivity contribution in [3.05, 3.63) is 29.3 Å². The topological polar surface area (TPSA) is 66.5 Å². The van der Waals surface area contributed by atoms with E-state index < -0.39 is 10.0 Å². The molecule has 21 heavy (non-hydrogen) atoms. The lowest BCUT2D eigenvalue weighted by Crippen LogP contribution is -2.43. The first-order valence-electron chi connectivity index (χ1n) is 6.99. The number of rotatable bonds is 6. The Hall–Kier alpha value is -1.56. The Labute approximate surface area is 127 Å². The molecule has 0 spiro atoms. The van der Waals surface area contributed by atoms with Crippen molar-refractivity contribution in [3.8, 4) is 0 Å². The molecule has 0 saturated heterocycles. The van der Waals surface area contributed by atoms with Gasteiger partial charge < -0.3 is 5.32 Å². The molecule has 0 saturated carbocycles. The van der Waals surface area contributed by atoms with Gasteiger partial charge in [0, 0.05) is 6.04 Å². The minimum atomic E-state index is -3.51. The first-order chi connectivity index (χ1) is 9.65. The van der Waals surface area contributed by atoms with Gasteiger partial charge >= 0.3 is 0 Å². The molecule has 0 aliphatic heterocycles. The minimum absolute atomic E-state index is 0.0265. The number of amides is 1. The summed E-state index contributed by atoms with van der Waals surface area (Å²) in [6.45, 7) is 7.52. The number of carbonyl (C=O) groups excluding carboxylic acids is 1. The summed E-state index contributed by atoms with van der Waals surface area (Å²) in [5.74, 6) is -0.298. The van der Waals surface area contributed by atoms with Crippen LogP contribution in [0.3, 0.4) is 0 Å². The number of hydrogen-bond donors (Lipinski definition) is 1. The molecule has 0 radical (unpaired) electrons. The molecule has 1 N–H and O–H groups in total. The van der Waals surface area contributed by atoms with Crippen molar-refractivity contribution in [1.29, 1.82) is 0 Å². The van der Waals surface area contributed by atoms with Gasteiger partial charge in [0.15, 0.2) is 0 Å². The lowest BCUT2D eigenvalue weighted by atomic mass is 10.1. The van der Waals surface area contributed by atoms with Crippen LogP contribution in [0, 0.1) is 13.8 Å². The summed E-state index contributed by atoms with van der Waals surface area (Å²) in [4.78, 5) is 12.0. The van der Waals surface area contributed by atoms with E-state index in [1.54, 1.807) is 12.1 Å². The molecule has 0 aliphatic carbocycles. The average molecular weight is 312 g/mol. The van der Waals surface area contributed by atoms with Gasteiger partial charge in [-0.05, 0) is 50.5 Å². The van der Waals surface area contributed by atoms with Crippen LogP contribution < -0.4 is 9.62 Å². The molecular formula is C15H24N2O3S. The van der Waals surface area contributed by atoms with Gasteiger partial charge in [-0.3, -0.25) is 9.10 Å². The van der Waals surface area contributed by atoms with E-state index in [4.69, 9.17) is 0 Å². The van der Waals surface area contributed by atoms with Crippen LogP contribution in [-0.4, -0.2) is 33.2 Å². The zero-order valence-corrected chi connectivity index (χ0v) is 14.1. The fourth-order valence-corrected chi connectivity index (χ4v) is 2.68. The number of sulfonamides is 1. The first-order valence-corrected chi connectivity index (χ1v) is 8.84. The lowest BCUT2D eigenvalue weighted by molar-refractivity contribution is -0.120. The largest absolute Gasteiger partial charge is 0.352 e. The molecule has 0 fully saturated rings. The predicted octanol–water partition coefficient (Wildman–Crippen LogP) is 1.98. The summed E-state index contributed by atoms with van der Waals surface area (Å²) < 4.78 is 25.1. The Morgan fingerprint density at radius 1 is 1.29 bits per heavy atom. The summed E-state index contributed by atoms with van der Waals surface area (Å²) in [6.07, 6.45) is 1.91. The SMILES string of the molecule is CC[C@H](C)NC(=O)CN(c1ccc(C)c(C)c1)S(C)(=O)=O. The molecule has 1 atom stereocenters. The second-order valence-electron chi connectivity index (χ2n) is 5.42. The van der Waals surface area contributed by atoms with Crippen molar-refractivity contribution in [2.45, 2.75) is 40.2 Å². The van der Waals surface area contributed by atoms with Crippen molar-refractivity contribution < 1.29 is 13.2 Å². The van der Waals surface area contributed by atoms with Crippen molar-refractivity contribution >= 4 is 21.6 Å². The van der Waals surface area contributed by atoms with Crippen LogP contribution in [-0.2, 0) is 14.8 Å². The van der Waals surface area contributed by atoms with Crippen LogP contribution in [0.15, 0.2) is 18.2 Å². The number of aryl methyl sites for hydroxylation is 2. The fraction of sp³-hybridized carbons (Fsp3) is 0.533. The maximum Gasteiger partial charge on any atom is 0.240 e. The van der Waals surface area contributed by atoms with Gasteiger partial charge in [0.25, 0.3) is 0 Å². The summed E-state index contributed by atoms with van der Waals surface area (Å²) >= 11 is 0. The van der Waals surface area contributed by atoms with Crippen LogP contribution in [0.2, 0.25) is 0 Å². The fourth-order valence-electron chi connectivity index (χ4n) is 1.83. The molecule has 0 aliphatic rings. The van der Waals surface area contributed by atoms with E-state index in [9.17, 15) is 13.2 Å². The number of nitrogens with zero attached hydrogens (tertiary/aromatic N) is 1. The highest BCUT2D eigenvalue weighted by molar-refractivity contribution is 7.92. The molecule has 1 aromatic carbocycles. The standard InChI is InChI=1S/C15H24N2O3S/c1-6-13(4)16-15(18)10-17(21(5,19)20)14-8-7-11(2)12(3)9-14/h7-9,13H,6,10H2,1-5H3,(H,16,18)/t13-/m0/s1. The second-order valence-corrected chi connectivity index (χ2v) is 7.32. The van der Waals surface area contributed by atoms with Gasteiger partial charge in [-0.25, -0.2) is 8.42 Å². The number of carbonyl (C=O) groups is 1. The van der Waals surface area contributed by atoms with Gasteiger partial charge in [0.2, 0.25) is 15.9 Å². The Bertz CT molecular complexity index is 611. The number of hydrogen-bond acceptors (Lipinski definition) is 3. The monoisotopic (exact) mass is 312 g/mol. The molecule has 0 bridgehead atoms. The molecule has 0 unspecified atom stereocenters. The van der Waals surface area contributed by atoms with E-state index in [1.165, 1.54) is 0 Å². The minimum Gasteiger partial charge on any atom is -0.352 e. The molecule has 0 aromatic heterocycles. The van der Waals surface area contributed by atoms with Gasteiger partial charge in [-0.2, -0.15) is 0 Å². The molecular weight excluding hydrogens is 288 g/mol. The van der Waals surface area contributed by atoms with E-state index >= 15 is 0 Å². The van der Waals surface area contributed by atoms with Crippen molar-refractivity contribution in [3.63, 3.8) is 0 Å². The maximum absolute atomic E-state index is 12.0. The summed E-state index contributed by atoms with van der Waals surface area (Å²) in [7, 11) is -3.51. The highest BCUT2D eigenvalue weighted by Gasteiger charge is 2.21. The molecule has 5 nitrogen and oxygen atoms in total.